The predicted octanol–water partition coefficient (Wildman–Crippen LogP) is 1.60. The van der Waals surface area contributed by atoms with Gasteiger partial charge < -0.3 is 5.73 Å². The van der Waals surface area contributed by atoms with E-state index in [2.05, 4.69) is 10.1 Å². The van der Waals surface area contributed by atoms with E-state index in [9.17, 15) is 0 Å². The zero-order chi connectivity index (χ0) is 10.8. The van der Waals surface area contributed by atoms with Crippen LogP contribution in [-0.4, -0.2) is 14.8 Å². The summed E-state index contributed by atoms with van der Waals surface area (Å²) < 4.78 is 1.76. The Balaban J connectivity index is 2.52. The predicted molar refractivity (Wildman–Crippen MR) is 58.7 cm³/mol. The van der Waals surface area contributed by atoms with Crippen LogP contribution in [-0.2, 0) is 0 Å². The Morgan fingerprint density at radius 2 is 2.20 bits per heavy atom. The average Bonchev–Trinajstić information content (AvgIpc) is 2.65. The van der Waals surface area contributed by atoms with E-state index in [-0.39, 0.29) is 6.04 Å². The first kappa shape index (κ1) is 9.86. The molecule has 0 unspecified atom stereocenters. The number of aromatic nitrogens is 3. The third-order valence-electron chi connectivity index (χ3n) is 2.25. The van der Waals surface area contributed by atoms with Crippen molar-refractivity contribution in [3.8, 4) is 5.82 Å². The highest BCUT2D eigenvalue weighted by atomic mass is 15.3. The van der Waals surface area contributed by atoms with Crippen LogP contribution in [0.2, 0.25) is 0 Å². The van der Waals surface area contributed by atoms with Gasteiger partial charge in [0.25, 0.3) is 0 Å². The van der Waals surface area contributed by atoms with Crippen molar-refractivity contribution in [1.82, 2.24) is 14.8 Å². The average molecular weight is 202 g/mol. The second-order valence-electron chi connectivity index (χ2n) is 3.61. The molecule has 0 radical (unpaired) electrons. The molecule has 0 aliphatic heterocycles. The summed E-state index contributed by atoms with van der Waals surface area (Å²) in [5.74, 6) is 0.806. The van der Waals surface area contributed by atoms with Crippen molar-refractivity contribution < 1.29 is 0 Å². The number of nitrogens with zero attached hydrogens (tertiary/aromatic N) is 3. The third kappa shape index (κ3) is 1.89. The number of hydrogen-bond acceptors (Lipinski definition) is 3. The molecule has 0 saturated carbocycles. The lowest BCUT2D eigenvalue weighted by molar-refractivity contribution is 0.757. The van der Waals surface area contributed by atoms with Crippen LogP contribution in [0, 0.1) is 6.92 Å². The Morgan fingerprint density at radius 1 is 1.40 bits per heavy atom. The van der Waals surface area contributed by atoms with Crippen LogP contribution in [0.4, 0.5) is 0 Å². The second-order valence-corrected chi connectivity index (χ2v) is 3.61. The molecular weight excluding hydrogens is 188 g/mol. The summed E-state index contributed by atoms with van der Waals surface area (Å²) in [6.45, 7) is 3.89. The van der Waals surface area contributed by atoms with E-state index in [1.807, 2.05) is 38.2 Å². The number of nitrogens with two attached hydrogens (primary N) is 1. The molecule has 0 spiro atoms. The van der Waals surface area contributed by atoms with E-state index in [0.717, 1.165) is 17.1 Å². The van der Waals surface area contributed by atoms with Crippen molar-refractivity contribution in [2.24, 2.45) is 5.73 Å². The van der Waals surface area contributed by atoms with Crippen molar-refractivity contribution in [3.05, 3.63) is 41.9 Å². The minimum Gasteiger partial charge on any atom is -0.324 e. The first-order chi connectivity index (χ1) is 7.18. The van der Waals surface area contributed by atoms with Gasteiger partial charge in [-0.1, -0.05) is 6.07 Å². The van der Waals surface area contributed by atoms with Gasteiger partial charge in [0.2, 0.25) is 0 Å². The lowest BCUT2D eigenvalue weighted by Crippen LogP contribution is -2.11. The minimum absolute atomic E-state index is 0.0433. The van der Waals surface area contributed by atoms with E-state index in [0.29, 0.717) is 0 Å². The fourth-order valence-electron chi connectivity index (χ4n) is 1.49. The normalized spacial score (nSPS) is 12.7. The number of pyridine rings is 1. The molecule has 0 fully saturated rings. The molecule has 4 nitrogen and oxygen atoms in total. The Morgan fingerprint density at radius 3 is 2.80 bits per heavy atom. The molecular formula is C11H14N4. The van der Waals surface area contributed by atoms with Crippen LogP contribution in [0.1, 0.15) is 24.2 Å². The molecule has 2 rings (SSSR count). The van der Waals surface area contributed by atoms with Gasteiger partial charge in [0.05, 0.1) is 5.69 Å². The van der Waals surface area contributed by atoms with Gasteiger partial charge in [-0.15, -0.1) is 0 Å². The molecule has 2 aromatic rings. The van der Waals surface area contributed by atoms with E-state index >= 15 is 0 Å². The molecule has 2 heterocycles. The van der Waals surface area contributed by atoms with Gasteiger partial charge >= 0.3 is 0 Å². The molecule has 4 heteroatoms. The standard InChI is InChI=1S/C11H14N4/c1-8-5-7-15(14-8)11-10(9(2)12)4-3-6-13-11/h3-7,9H,12H2,1-2H3/t9-/m1/s1. The van der Waals surface area contributed by atoms with Crippen LogP contribution in [0.25, 0.3) is 5.82 Å². The quantitative estimate of drug-likeness (QED) is 0.804. The molecule has 0 amide bonds. The highest BCUT2D eigenvalue weighted by Crippen LogP contribution is 2.16. The summed E-state index contributed by atoms with van der Waals surface area (Å²) in [6, 6.07) is 5.76. The van der Waals surface area contributed by atoms with Crippen LogP contribution in [0.5, 0.6) is 0 Å². The second kappa shape index (κ2) is 3.82. The maximum atomic E-state index is 5.88. The minimum atomic E-state index is -0.0433. The maximum Gasteiger partial charge on any atom is 0.158 e. The largest absolute Gasteiger partial charge is 0.324 e. The smallest absolute Gasteiger partial charge is 0.158 e. The molecule has 15 heavy (non-hydrogen) atoms. The van der Waals surface area contributed by atoms with Gasteiger partial charge in [0.15, 0.2) is 5.82 Å². The van der Waals surface area contributed by atoms with Gasteiger partial charge in [0, 0.05) is 24.0 Å². The Bertz CT molecular complexity index is 459. The van der Waals surface area contributed by atoms with Crippen LogP contribution in [0.15, 0.2) is 30.6 Å². The highest BCUT2D eigenvalue weighted by molar-refractivity contribution is 5.35. The molecule has 0 aromatic carbocycles. The topological polar surface area (TPSA) is 56.7 Å². The molecule has 78 valence electrons. The van der Waals surface area contributed by atoms with E-state index in [1.165, 1.54) is 0 Å². The zero-order valence-electron chi connectivity index (χ0n) is 8.88. The molecule has 1 atom stereocenters. The fourth-order valence-corrected chi connectivity index (χ4v) is 1.49. The monoisotopic (exact) mass is 202 g/mol. The van der Waals surface area contributed by atoms with Crippen LogP contribution in [0.3, 0.4) is 0 Å². The highest BCUT2D eigenvalue weighted by Gasteiger charge is 2.09. The van der Waals surface area contributed by atoms with E-state index in [4.69, 9.17) is 5.73 Å². The van der Waals surface area contributed by atoms with Gasteiger partial charge in [-0.25, -0.2) is 9.67 Å². The van der Waals surface area contributed by atoms with E-state index in [1.54, 1.807) is 10.9 Å². The van der Waals surface area contributed by atoms with Crippen molar-refractivity contribution in [1.29, 1.82) is 0 Å². The molecule has 0 aliphatic rings. The SMILES string of the molecule is Cc1ccn(-c2ncccc2[C@@H](C)N)n1. The molecule has 2 N–H and O–H groups in total. The number of aryl methyl sites for hydroxylation is 1. The molecule has 0 bridgehead atoms. The Kier molecular flexibility index (Phi) is 2.51. The molecule has 2 aromatic heterocycles. The number of rotatable bonds is 2. The first-order valence-corrected chi connectivity index (χ1v) is 4.91. The van der Waals surface area contributed by atoms with Gasteiger partial charge in [-0.3, -0.25) is 0 Å². The zero-order valence-corrected chi connectivity index (χ0v) is 8.88. The van der Waals surface area contributed by atoms with Crippen molar-refractivity contribution in [2.45, 2.75) is 19.9 Å². The summed E-state index contributed by atoms with van der Waals surface area (Å²) >= 11 is 0. The van der Waals surface area contributed by atoms with Gasteiger partial charge in [-0.2, -0.15) is 5.10 Å². The molecule has 0 saturated heterocycles. The van der Waals surface area contributed by atoms with Crippen molar-refractivity contribution >= 4 is 0 Å². The summed E-state index contributed by atoms with van der Waals surface area (Å²) in [6.07, 6.45) is 3.64. The van der Waals surface area contributed by atoms with Gasteiger partial charge in [0.1, 0.15) is 0 Å². The summed E-state index contributed by atoms with van der Waals surface area (Å²) in [4.78, 5) is 4.30. The summed E-state index contributed by atoms with van der Waals surface area (Å²) in [5.41, 5.74) is 7.85. The first-order valence-electron chi connectivity index (χ1n) is 4.91. The Hall–Kier alpha value is -1.68. The molecule has 0 aliphatic carbocycles. The summed E-state index contributed by atoms with van der Waals surface area (Å²) in [5, 5.41) is 4.32. The third-order valence-corrected chi connectivity index (χ3v) is 2.25. The maximum absolute atomic E-state index is 5.88. The lowest BCUT2D eigenvalue weighted by Gasteiger charge is -2.10. The lowest BCUT2D eigenvalue weighted by atomic mass is 10.1. The Labute approximate surface area is 88.8 Å². The van der Waals surface area contributed by atoms with Crippen molar-refractivity contribution in [2.75, 3.05) is 0 Å². The fraction of sp³-hybridized carbons (Fsp3) is 0.273. The van der Waals surface area contributed by atoms with E-state index < -0.39 is 0 Å². The van der Waals surface area contributed by atoms with Gasteiger partial charge in [-0.05, 0) is 26.0 Å². The van der Waals surface area contributed by atoms with Crippen molar-refractivity contribution in [3.63, 3.8) is 0 Å². The van der Waals surface area contributed by atoms with Crippen LogP contribution < -0.4 is 5.73 Å². The number of hydrogen-bond donors (Lipinski definition) is 1. The summed E-state index contributed by atoms with van der Waals surface area (Å²) in [7, 11) is 0. The van der Waals surface area contributed by atoms with Crippen LogP contribution >= 0.6 is 0 Å².